The number of carbonyl (C=O) groups is 3. The van der Waals surface area contributed by atoms with Gasteiger partial charge in [-0.15, -0.1) is 0 Å². The first-order valence-corrected chi connectivity index (χ1v) is 4.86. The van der Waals surface area contributed by atoms with Crippen LogP contribution in [0.5, 0.6) is 0 Å². The summed E-state index contributed by atoms with van der Waals surface area (Å²) >= 11 is 0. The van der Waals surface area contributed by atoms with E-state index in [1.165, 1.54) is 11.1 Å². The number of hydrogen-bond acceptors (Lipinski definition) is 5. The molecule has 0 amide bonds. The predicted octanol–water partition coefficient (Wildman–Crippen LogP) is 0.399. The average molecular weight is 227 g/mol. The Balaban J connectivity index is 5.20. The van der Waals surface area contributed by atoms with Gasteiger partial charge in [0.05, 0.1) is 12.7 Å². The molecule has 0 aliphatic rings. The lowest BCUT2D eigenvalue weighted by atomic mass is 9.98. The van der Waals surface area contributed by atoms with Crippen LogP contribution in [0.15, 0.2) is 11.8 Å². The third-order valence-corrected chi connectivity index (χ3v) is 1.79. The molecule has 0 aromatic heterocycles. The van der Waals surface area contributed by atoms with Crippen LogP contribution >= 0.6 is 0 Å². The van der Waals surface area contributed by atoms with Crippen LogP contribution in [0.2, 0.25) is 0 Å². The second kappa shape index (κ2) is 6.05. The summed E-state index contributed by atoms with van der Waals surface area (Å²) in [5.41, 5.74) is -0.146. The normalized spacial score (nSPS) is 11.2. The molecule has 0 aliphatic heterocycles. The molecule has 0 saturated heterocycles. The van der Waals surface area contributed by atoms with Crippen molar-refractivity contribution in [1.29, 1.82) is 0 Å². The summed E-state index contributed by atoms with van der Waals surface area (Å²) in [4.78, 5) is 35.9. The molecule has 0 N–H and O–H groups in total. The third kappa shape index (κ3) is 3.84. The molecule has 0 rings (SSSR count). The second-order valence-corrected chi connectivity index (χ2v) is 3.85. The van der Waals surface area contributed by atoms with Crippen LogP contribution in [0.1, 0.15) is 13.8 Å². The summed E-state index contributed by atoms with van der Waals surface area (Å²) in [5, 5.41) is 0. The van der Waals surface area contributed by atoms with Gasteiger partial charge in [0, 0.05) is 26.2 Å². The monoisotopic (exact) mass is 227 g/mol. The highest BCUT2D eigenvalue weighted by Gasteiger charge is 2.27. The summed E-state index contributed by atoms with van der Waals surface area (Å²) in [6.07, 6.45) is 1.33. The first kappa shape index (κ1) is 14.3. The fourth-order valence-corrected chi connectivity index (χ4v) is 1.01. The minimum absolute atomic E-state index is 0.146. The highest BCUT2D eigenvalue weighted by atomic mass is 16.5. The second-order valence-electron chi connectivity index (χ2n) is 3.85. The van der Waals surface area contributed by atoms with E-state index in [1.807, 2.05) is 0 Å². The Hall–Kier alpha value is -1.65. The van der Waals surface area contributed by atoms with Gasteiger partial charge >= 0.3 is 5.97 Å². The number of rotatable bonds is 5. The van der Waals surface area contributed by atoms with Gasteiger partial charge in [-0.3, -0.25) is 9.59 Å². The van der Waals surface area contributed by atoms with E-state index in [9.17, 15) is 14.4 Å². The van der Waals surface area contributed by atoms with Crippen molar-refractivity contribution in [1.82, 2.24) is 4.90 Å². The first-order valence-electron chi connectivity index (χ1n) is 4.86. The van der Waals surface area contributed by atoms with E-state index in [1.54, 1.807) is 27.9 Å². The highest BCUT2D eigenvalue weighted by molar-refractivity contribution is 6.47. The van der Waals surface area contributed by atoms with Crippen molar-refractivity contribution in [2.45, 2.75) is 13.8 Å². The van der Waals surface area contributed by atoms with Gasteiger partial charge in [-0.2, -0.15) is 0 Å². The molecule has 16 heavy (non-hydrogen) atoms. The van der Waals surface area contributed by atoms with Gasteiger partial charge in [0.1, 0.15) is 0 Å². The van der Waals surface area contributed by atoms with Crippen LogP contribution in [0.3, 0.4) is 0 Å². The molecule has 0 aromatic rings. The first-order chi connectivity index (χ1) is 7.31. The number of nitrogens with zero attached hydrogens (tertiary/aromatic N) is 1. The minimum Gasteiger partial charge on any atom is -0.463 e. The highest BCUT2D eigenvalue weighted by Crippen LogP contribution is 2.09. The van der Waals surface area contributed by atoms with Gasteiger partial charge in [-0.25, -0.2) is 4.79 Å². The topological polar surface area (TPSA) is 63.7 Å². The van der Waals surface area contributed by atoms with E-state index in [2.05, 4.69) is 4.74 Å². The van der Waals surface area contributed by atoms with Crippen molar-refractivity contribution in [3.05, 3.63) is 11.8 Å². The van der Waals surface area contributed by atoms with Crippen LogP contribution in [-0.2, 0) is 19.1 Å². The van der Waals surface area contributed by atoms with E-state index in [-0.39, 0.29) is 17.3 Å². The maximum atomic E-state index is 11.7. The minimum atomic E-state index is -1.03. The lowest BCUT2D eigenvalue weighted by Crippen LogP contribution is -2.27. The van der Waals surface area contributed by atoms with Gasteiger partial charge in [0.2, 0.25) is 0 Å². The lowest BCUT2D eigenvalue weighted by Gasteiger charge is -2.11. The van der Waals surface area contributed by atoms with Gasteiger partial charge in [0.25, 0.3) is 5.78 Å². The zero-order chi connectivity index (χ0) is 12.9. The summed E-state index contributed by atoms with van der Waals surface area (Å²) in [7, 11) is 4.43. The molecule has 0 saturated carbocycles. The standard InChI is InChI=1S/C11H17NO4/c1-7(2)9(13)8(6-12(3)4)10(14)11(15)16-5/h6-7H,1-5H3/b8-6-. The van der Waals surface area contributed by atoms with E-state index < -0.39 is 11.8 Å². The van der Waals surface area contributed by atoms with Crippen molar-refractivity contribution in [3.63, 3.8) is 0 Å². The average Bonchev–Trinajstić information content (AvgIpc) is 2.22. The van der Waals surface area contributed by atoms with E-state index >= 15 is 0 Å². The molecule has 0 fully saturated rings. The fraction of sp³-hybridized carbons (Fsp3) is 0.545. The molecule has 0 spiro atoms. The maximum absolute atomic E-state index is 11.7. The number of ether oxygens (including phenoxy) is 1. The third-order valence-electron chi connectivity index (χ3n) is 1.79. The number of ketones is 2. The number of Topliss-reactive ketones (excluding diaryl/α,β-unsaturated/α-hetero) is 2. The van der Waals surface area contributed by atoms with Crippen LogP contribution in [-0.4, -0.2) is 43.6 Å². The molecule has 0 aliphatic carbocycles. The Bertz CT molecular complexity index is 329. The zero-order valence-electron chi connectivity index (χ0n) is 10.2. The summed E-state index contributed by atoms with van der Waals surface area (Å²) in [6, 6.07) is 0. The smallest absolute Gasteiger partial charge is 0.379 e. The Morgan fingerprint density at radius 3 is 2.00 bits per heavy atom. The molecule has 90 valence electrons. The van der Waals surface area contributed by atoms with Gasteiger partial charge in [0.15, 0.2) is 5.78 Å². The molecule has 5 heteroatoms. The number of carbonyl (C=O) groups excluding carboxylic acids is 3. The van der Waals surface area contributed by atoms with Crippen molar-refractivity contribution in [2.75, 3.05) is 21.2 Å². The quantitative estimate of drug-likeness (QED) is 0.224. The number of esters is 1. The molecule has 0 aromatic carbocycles. The van der Waals surface area contributed by atoms with Crippen molar-refractivity contribution in [3.8, 4) is 0 Å². The van der Waals surface area contributed by atoms with Gasteiger partial charge in [-0.1, -0.05) is 13.8 Å². The maximum Gasteiger partial charge on any atom is 0.379 e. The molecule has 0 atom stereocenters. The zero-order valence-corrected chi connectivity index (χ0v) is 10.2. The van der Waals surface area contributed by atoms with E-state index in [0.29, 0.717) is 0 Å². The molecular formula is C11H17NO4. The molecule has 0 bridgehead atoms. The number of methoxy groups -OCH3 is 1. The lowest BCUT2D eigenvalue weighted by molar-refractivity contribution is -0.150. The Labute approximate surface area is 95.1 Å². The number of hydrogen-bond donors (Lipinski definition) is 0. The van der Waals surface area contributed by atoms with Crippen LogP contribution in [0, 0.1) is 5.92 Å². The Morgan fingerprint density at radius 1 is 1.19 bits per heavy atom. The molecular weight excluding hydrogens is 210 g/mol. The van der Waals surface area contributed by atoms with Crippen molar-refractivity contribution < 1.29 is 19.1 Å². The molecule has 0 unspecified atom stereocenters. The van der Waals surface area contributed by atoms with Crippen LogP contribution in [0.25, 0.3) is 0 Å². The molecule has 0 heterocycles. The summed E-state index contributed by atoms with van der Waals surface area (Å²) in [5.74, 6) is -2.65. The Kier molecular flexibility index (Phi) is 5.42. The van der Waals surface area contributed by atoms with Gasteiger partial charge < -0.3 is 9.64 Å². The Morgan fingerprint density at radius 2 is 1.69 bits per heavy atom. The van der Waals surface area contributed by atoms with Crippen molar-refractivity contribution in [2.24, 2.45) is 5.92 Å². The molecule has 5 nitrogen and oxygen atoms in total. The largest absolute Gasteiger partial charge is 0.463 e. The SMILES string of the molecule is COC(=O)C(=O)/C(=C\N(C)C)C(=O)C(C)C. The van der Waals surface area contributed by atoms with Crippen LogP contribution in [0.4, 0.5) is 0 Å². The summed E-state index contributed by atoms with van der Waals surface area (Å²) < 4.78 is 4.30. The summed E-state index contributed by atoms with van der Waals surface area (Å²) in [6.45, 7) is 3.33. The van der Waals surface area contributed by atoms with Gasteiger partial charge in [-0.05, 0) is 0 Å². The van der Waals surface area contributed by atoms with Crippen LogP contribution < -0.4 is 0 Å². The van der Waals surface area contributed by atoms with E-state index in [0.717, 1.165) is 7.11 Å². The predicted molar refractivity (Wildman–Crippen MR) is 58.6 cm³/mol. The molecule has 0 radical (unpaired) electrons. The van der Waals surface area contributed by atoms with E-state index in [4.69, 9.17) is 0 Å². The fourth-order valence-electron chi connectivity index (χ4n) is 1.01. The van der Waals surface area contributed by atoms with Crippen molar-refractivity contribution >= 4 is 17.5 Å².